The third kappa shape index (κ3) is 6.42. The zero-order valence-corrected chi connectivity index (χ0v) is 19.5. The smallest absolute Gasteiger partial charge is 0.0719 e. The third-order valence-electron chi connectivity index (χ3n) is 6.42. The predicted octanol–water partition coefficient (Wildman–Crippen LogP) is 6.21. The second-order valence-corrected chi connectivity index (χ2v) is 8.65. The molecule has 2 aromatic rings. The number of benzene rings is 2. The van der Waals surface area contributed by atoms with Gasteiger partial charge in [0.1, 0.15) is 0 Å². The molecule has 2 N–H and O–H groups in total. The Morgan fingerprint density at radius 2 is 1.62 bits per heavy atom. The van der Waals surface area contributed by atoms with Crippen molar-refractivity contribution in [3.05, 3.63) is 48.0 Å². The van der Waals surface area contributed by atoms with Crippen molar-refractivity contribution in [2.24, 2.45) is 0 Å². The van der Waals surface area contributed by atoms with Crippen molar-refractivity contribution in [3.8, 4) is 0 Å². The van der Waals surface area contributed by atoms with Gasteiger partial charge < -0.3 is 15.4 Å². The summed E-state index contributed by atoms with van der Waals surface area (Å²) in [5.74, 6) is 0.00395. The van der Waals surface area contributed by atoms with Crippen molar-refractivity contribution in [2.75, 3.05) is 14.1 Å². The first-order valence-electron chi connectivity index (χ1n) is 10.3. The molecule has 3 nitrogen and oxygen atoms in total. The number of nitrogens with zero attached hydrogens (tertiary/aromatic N) is 1. The fourth-order valence-corrected chi connectivity index (χ4v) is 4.42. The highest BCUT2D eigenvalue weighted by molar-refractivity contribution is 5.86. The summed E-state index contributed by atoms with van der Waals surface area (Å²) < 4.78 is 0. The van der Waals surface area contributed by atoms with Crippen molar-refractivity contribution in [1.29, 1.82) is 5.41 Å². The molecule has 1 aliphatic carbocycles. The average molecular weight is 439 g/mol. The van der Waals surface area contributed by atoms with Crippen LogP contribution in [0.15, 0.2) is 42.5 Å². The first kappa shape index (κ1) is 25.9. The monoisotopic (exact) mass is 438 g/mol. The van der Waals surface area contributed by atoms with Crippen LogP contribution in [-0.2, 0) is 0 Å². The van der Waals surface area contributed by atoms with Gasteiger partial charge in [-0.1, -0.05) is 61.7 Å². The molecule has 1 fully saturated rings. The van der Waals surface area contributed by atoms with Crippen LogP contribution < -0.4 is 0 Å². The molecule has 29 heavy (non-hydrogen) atoms. The van der Waals surface area contributed by atoms with Gasteiger partial charge in [0.25, 0.3) is 0 Å². The van der Waals surface area contributed by atoms with E-state index < -0.39 is 5.60 Å². The second kappa shape index (κ2) is 11.3. The summed E-state index contributed by atoms with van der Waals surface area (Å²) in [6.07, 6.45) is 6.48. The lowest BCUT2D eigenvalue weighted by atomic mass is 9.70. The van der Waals surface area contributed by atoms with Gasteiger partial charge in [-0.3, -0.25) is 0 Å². The minimum atomic E-state index is -0.686. The van der Waals surface area contributed by atoms with Crippen LogP contribution in [0.25, 0.3) is 10.8 Å². The molecule has 0 saturated heterocycles. The molecule has 0 bridgehead atoms. The number of aliphatic hydroxyl groups is 1. The van der Waals surface area contributed by atoms with E-state index in [9.17, 15) is 5.11 Å². The van der Waals surface area contributed by atoms with Crippen LogP contribution >= 0.6 is 24.8 Å². The van der Waals surface area contributed by atoms with E-state index in [1.54, 1.807) is 0 Å². The van der Waals surface area contributed by atoms with Gasteiger partial charge in [-0.05, 0) is 56.6 Å². The van der Waals surface area contributed by atoms with Crippen LogP contribution in [0.2, 0.25) is 0 Å². The molecular weight excluding hydrogens is 403 g/mol. The summed E-state index contributed by atoms with van der Waals surface area (Å²) in [5, 5.41) is 22.6. The van der Waals surface area contributed by atoms with Gasteiger partial charge in [-0.15, -0.1) is 24.8 Å². The Balaban J connectivity index is 0.00000210. The van der Waals surface area contributed by atoms with E-state index in [0.29, 0.717) is 12.5 Å². The minimum absolute atomic E-state index is 0. The number of nitrogens with one attached hydrogen (secondary N) is 1. The molecule has 1 aliphatic rings. The fraction of sp³-hybridized carbons (Fsp3) is 0.542. The number of rotatable bonds is 7. The first-order chi connectivity index (χ1) is 12.9. The Hall–Kier alpha value is -1.13. The highest BCUT2D eigenvalue weighted by Crippen LogP contribution is 2.43. The maximum absolute atomic E-state index is 11.5. The largest absolute Gasteiger partial charge is 0.389 e. The summed E-state index contributed by atoms with van der Waals surface area (Å²) in [4.78, 5) is 2.16. The fourth-order valence-electron chi connectivity index (χ4n) is 4.42. The molecule has 0 heterocycles. The van der Waals surface area contributed by atoms with Crippen LogP contribution in [0.1, 0.15) is 63.4 Å². The minimum Gasteiger partial charge on any atom is -0.389 e. The molecule has 2 atom stereocenters. The van der Waals surface area contributed by atoms with E-state index in [1.807, 2.05) is 0 Å². The maximum atomic E-state index is 11.5. The Morgan fingerprint density at radius 3 is 2.24 bits per heavy atom. The standard InChI is InChI=1S/C24H34N2O.2ClH/c1-18(26(2)3)15-22(25)17-23(24(27)13-7-4-8-14-24)21-12-11-19-9-5-6-10-20(19)16-21;;/h5-6,9-12,16,18,23,25,27H,4,7-8,13-15,17H2,1-3H3;2*1H/t18-,23?;;/m1../s1. The van der Waals surface area contributed by atoms with E-state index in [1.165, 1.54) is 22.8 Å². The Bertz CT molecular complexity index is 787. The van der Waals surface area contributed by atoms with Gasteiger partial charge in [0, 0.05) is 24.1 Å². The SMILES string of the molecule is C[C@H](CC(=N)CC(c1ccc2ccccc2c1)C1(O)CCCCC1)N(C)C.Cl.Cl. The van der Waals surface area contributed by atoms with Gasteiger partial charge in [0.05, 0.1) is 5.60 Å². The van der Waals surface area contributed by atoms with Gasteiger partial charge in [-0.2, -0.15) is 0 Å². The predicted molar refractivity (Wildman–Crippen MR) is 129 cm³/mol. The van der Waals surface area contributed by atoms with Gasteiger partial charge in [0.15, 0.2) is 0 Å². The lowest BCUT2D eigenvalue weighted by Crippen LogP contribution is -2.40. The van der Waals surface area contributed by atoms with E-state index in [4.69, 9.17) is 5.41 Å². The molecule has 5 heteroatoms. The molecule has 2 aromatic carbocycles. The second-order valence-electron chi connectivity index (χ2n) is 8.65. The molecule has 3 rings (SSSR count). The average Bonchev–Trinajstić information content (AvgIpc) is 2.66. The Labute approximate surface area is 188 Å². The maximum Gasteiger partial charge on any atom is 0.0719 e. The molecule has 162 valence electrons. The van der Waals surface area contributed by atoms with E-state index in [2.05, 4.69) is 68.4 Å². The quantitative estimate of drug-likeness (QED) is 0.504. The summed E-state index contributed by atoms with van der Waals surface area (Å²) in [6, 6.07) is 15.3. The molecule has 0 radical (unpaired) electrons. The molecule has 0 aromatic heterocycles. The van der Waals surface area contributed by atoms with E-state index in [-0.39, 0.29) is 30.7 Å². The molecule has 1 unspecified atom stereocenters. The van der Waals surface area contributed by atoms with E-state index in [0.717, 1.165) is 37.8 Å². The zero-order chi connectivity index (χ0) is 19.4. The highest BCUT2D eigenvalue weighted by Gasteiger charge is 2.39. The Morgan fingerprint density at radius 1 is 1.00 bits per heavy atom. The van der Waals surface area contributed by atoms with Crippen molar-refractivity contribution >= 4 is 41.3 Å². The summed E-state index contributed by atoms with van der Waals surface area (Å²) in [7, 11) is 4.13. The molecule has 0 spiro atoms. The van der Waals surface area contributed by atoms with Crippen molar-refractivity contribution in [1.82, 2.24) is 4.90 Å². The van der Waals surface area contributed by atoms with Crippen LogP contribution in [0.3, 0.4) is 0 Å². The Kier molecular flexibility index (Phi) is 10.1. The van der Waals surface area contributed by atoms with Crippen molar-refractivity contribution in [2.45, 2.75) is 69.4 Å². The number of hydrogen-bond acceptors (Lipinski definition) is 3. The summed E-state index contributed by atoms with van der Waals surface area (Å²) >= 11 is 0. The molecule has 1 saturated carbocycles. The van der Waals surface area contributed by atoms with Crippen LogP contribution in [0, 0.1) is 5.41 Å². The van der Waals surface area contributed by atoms with Crippen LogP contribution in [0.4, 0.5) is 0 Å². The number of halogens is 2. The summed E-state index contributed by atoms with van der Waals surface area (Å²) in [6.45, 7) is 2.16. The topological polar surface area (TPSA) is 47.3 Å². The zero-order valence-electron chi connectivity index (χ0n) is 17.9. The third-order valence-corrected chi connectivity index (χ3v) is 6.42. The number of fused-ring (bicyclic) bond motifs is 1. The van der Waals surface area contributed by atoms with Crippen molar-refractivity contribution < 1.29 is 5.11 Å². The van der Waals surface area contributed by atoms with E-state index >= 15 is 0 Å². The van der Waals surface area contributed by atoms with Crippen LogP contribution in [-0.4, -0.2) is 41.5 Å². The van der Waals surface area contributed by atoms with Gasteiger partial charge in [0.2, 0.25) is 0 Å². The molecule has 0 amide bonds. The number of hydrogen-bond donors (Lipinski definition) is 2. The normalized spacial score (nSPS) is 17.8. The first-order valence-corrected chi connectivity index (χ1v) is 10.3. The highest BCUT2D eigenvalue weighted by atomic mass is 35.5. The summed E-state index contributed by atoms with van der Waals surface area (Å²) in [5.41, 5.74) is 1.24. The molecule has 0 aliphatic heterocycles. The van der Waals surface area contributed by atoms with Crippen LogP contribution in [0.5, 0.6) is 0 Å². The van der Waals surface area contributed by atoms with Gasteiger partial charge in [-0.25, -0.2) is 0 Å². The lowest BCUT2D eigenvalue weighted by Gasteiger charge is -2.40. The molecular formula is C24H36Cl2N2O. The lowest BCUT2D eigenvalue weighted by molar-refractivity contribution is -0.0202. The van der Waals surface area contributed by atoms with Crippen molar-refractivity contribution in [3.63, 3.8) is 0 Å². The van der Waals surface area contributed by atoms with Gasteiger partial charge >= 0.3 is 0 Å².